The summed E-state index contributed by atoms with van der Waals surface area (Å²) >= 11 is 6.26. The third kappa shape index (κ3) is 2.22. The molecule has 0 amide bonds. The molecule has 0 aliphatic carbocycles. The molecule has 0 radical (unpaired) electrons. The minimum atomic E-state index is 0.550. The van der Waals surface area contributed by atoms with Gasteiger partial charge in [-0.15, -0.1) is 0 Å². The Morgan fingerprint density at radius 3 is 2.70 bits per heavy atom. The standard InChI is InChI=1S/C15H19ClN2O2/c1-19-14-10-9-18-7-5-3-4-6-13(18)17-12(10)8-11(16)15(14)20-2/h8H,3-7,9H2,1-2H3. The summed E-state index contributed by atoms with van der Waals surface area (Å²) in [5.41, 5.74) is 1.99. The first-order valence-corrected chi connectivity index (χ1v) is 7.38. The fraction of sp³-hybridized carbons (Fsp3) is 0.533. The van der Waals surface area contributed by atoms with Crippen molar-refractivity contribution in [1.82, 2.24) is 4.90 Å². The van der Waals surface area contributed by atoms with E-state index in [1.54, 1.807) is 14.2 Å². The van der Waals surface area contributed by atoms with Gasteiger partial charge in [0.05, 0.1) is 24.9 Å². The molecule has 5 heteroatoms. The van der Waals surface area contributed by atoms with Gasteiger partial charge in [0.2, 0.25) is 0 Å². The molecule has 2 heterocycles. The van der Waals surface area contributed by atoms with Crippen molar-refractivity contribution in [3.8, 4) is 11.5 Å². The Morgan fingerprint density at radius 1 is 1.15 bits per heavy atom. The van der Waals surface area contributed by atoms with Gasteiger partial charge in [0.25, 0.3) is 0 Å². The molecule has 0 aromatic heterocycles. The van der Waals surface area contributed by atoms with Crippen LogP contribution in [-0.2, 0) is 6.54 Å². The molecular weight excluding hydrogens is 276 g/mol. The predicted octanol–water partition coefficient (Wildman–Crippen LogP) is 3.78. The number of amidine groups is 1. The number of halogens is 1. The quantitative estimate of drug-likeness (QED) is 0.832. The smallest absolute Gasteiger partial charge is 0.179 e. The van der Waals surface area contributed by atoms with Gasteiger partial charge in [0.1, 0.15) is 5.84 Å². The van der Waals surface area contributed by atoms with Crippen molar-refractivity contribution in [2.24, 2.45) is 4.99 Å². The van der Waals surface area contributed by atoms with Crippen molar-refractivity contribution < 1.29 is 9.47 Å². The first-order valence-electron chi connectivity index (χ1n) is 7.00. The highest BCUT2D eigenvalue weighted by Crippen LogP contribution is 2.45. The van der Waals surface area contributed by atoms with Gasteiger partial charge in [-0.2, -0.15) is 0 Å². The minimum Gasteiger partial charge on any atom is -0.492 e. The molecule has 20 heavy (non-hydrogen) atoms. The highest BCUT2D eigenvalue weighted by Gasteiger charge is 2.27. The third-order valence-electron chi connectivity index (χ3n) is 3.97. The van der Waals surface area contributed by atoms with E-state index in [1.807, 2.05) is 6.07 Å². The van der Waals surface area contributed by atoms with E-state index in [-0.39, 0.29) is 0 Å². The van der Waals surface area contributed by atoms with Gasteiger partial charge in [-0.05, 0) is 18.9 Å². The van der Waals surface area contributed by atoms with Crippen LogP contribution in [0, 0.1) is 0 Å². The van der Waals surface area contributed by atoms with Crippen molar-refractivity contribution in [3.63, 3.8) is 0 Å². The van der Waals surface area contributed by atoms with Crippen LogP contribution in [0.3, 0.4) is 0 Å². The number of nitrogens with zero attached hydrogens (tertiary/aromatic N) is 2. The van der Waals surface area contributed by atoms with Crippen molar-refractivity contribution in [2.45, 2.75) is 32.2 Å². The minimum absolute atomic E-state index is 0.550. The number of hydrogen-bond acceptors (Lipinski definition) is 4. The summed E-state index contributed by atoms with van der Waals surface area (Å²) in [6.07, 6.45) is 4.76. The maximum atomic E-state index is 6.26. The lowest BCUT2D eigenvalue weighted by atomic mass is 10.1. The van der Waals surface area contributed by atoms with Crippen molar-refractivity contribution >= 4 is 23.1 Å². The van der Waals surface area contributed by atoms with Gasteiger partial charge < -0.3 is 14.4 Å². The molecule has 0 spiro atoms. The van der Waals surface area contributed by atoms with E-state index in [9.17, 15) is 0 Å². The number of rotatable bonds is 2. The third-order valence-corrected chi connectivity index (χ3v) is 4.25. The number of hydrogen-bond donors (Lipinski definition) is 0. The van der Waals surface area contributed by atoms with Crippen molar-refractivity contribution in [1.29, 1.82) is 0 Å². The molecule has 0 saturated carbocycles. The van der Waals surface area contributed by atoms with Gasteiger partial charge in [0, 0.05) is 25.1 Å². The first kappa shape index (κ1) is 13.6. The maximum Gasteiger partial charge on any atom is 0.179 e. The Morgan fingerprint density at radius 2 is 1.95 bits per heavy atom. The molecule has 4 nitrogen and oxygen atoms in total. The van der Waals surface area contributed by atoms with Crippen LogP contribution < -0.4 is 9.47 Å². The summed E-state index contributed by atoms with van der Waals surface area (Å²) in [6.45, 7) is 1.89. The molecule has 2 aliphatic rings. The molecule has 108 valence electrons. The lowest BCUT2D eigenvalue weighted by Crippen LogP contribution is -2.32. The molecule has 0 N–H and O–H groups in total. The van der Waals surface area contributed by atoms with Crippen molar-refractivity contribution in [3.05, 3.63) is 16.7 Å². The van der Waals surface area contributed by atoms with E-state index in [4.69, 9.17) is 26.1 Å². The average molecular weight is 295 g/mol. The zero-order valence-corrected chi connectivity index (χ0v) is 12.7. The Kier molecular flexibility index (Phi) is 3.74. The topological polar surface area (TPSA) is 34.1 Å². The van der Waals surface area contributed by atoms with E-state index >= 15 is 0 Å². The normalized spacial score (nSPS) is 17.8. The number of methoxy groups -OCH3 is 2. The Bertz CT molecular complexity index is 557. The van der Waals surface area contributed by atoms with E-state index in [2.05, 4.69) is 4.90 Å². The zero-order chi connectivity index (χ0) is 14.1. The molecule has 1 aromatic rings. The largest absolute Gasteiger partial charge is 0.492 e. The molecule has 0 bridgehead atoms. The highest BCUT2D eigenvalue weighted by atomic mass is 35.5. The maximum absolute atomic E-state index is 6.26. The Labute approximate surface area is 124 Å². The lowest BCUT2D eigenvalue weighted by Gasteiger charge is -2.30. The van der Waals surface area contributed by atoms with Crippen LogP contribution in [0.15, 0.2) is 11.1 Å². The molecule has 1 fully saturated rings. The van der Waals surface area contributed by atoms with Crippen LogP contribution in [0.25, 0.3) is 0 Å². The van der Waals surface area contributed by atoms with Crippen LogP contribution in [0.2, 0.25) is 5.02 Å². The second kappa shape index (κ2) is 5.52. The van der Waals surface area contributed by atoms with Gasteiger partial charge >= 0.3 is 0 Å². The fourth-order valence-electron chi connectivity index (χ4n) is 2.97. The number of ether oxygens (including phenoxy) is 2. The number of aliphatic imine (C=N–C) groups is 1. The van der Waals surface area contributed by atoms with E-state index < -0.39 is 0 Å². The highest BCUT2D eigenvalue weighted by molar-refractivity contribution is 6.32. The van der Waals surface area contributed by atoms with Crippen LogP contribution in [0.4, 0.5) is 5.69 Å². The first-order chi connectivity index (χ1) is 9.74. The number of fused-ring (bicyclic) bond motifs is 2. The predicted molar refractivity (Wildman–Crippen MR) is 80.5 cm³/mol. The van der Waals surface area contributed by atoms with Gasteiger partial charge in [-0.3, -0.25) is 0 Å². The summed E-state index contributed by atoms with van der Waals surface area (Å²) in [7, 11) is 3.26. The molecule has 1 aromatic carbocycles. The summed E-state index contributed by atoms with van der Waals surface area (Å²) in [5.74, 6) is 2.49. The van der Waals surface area contributed by atoms with Crippen LogP contribution in [0.1, 0.15) is 31.2 Å². The van der Waals surface area contributed by atoms with Gasteiger partial charge in [0.15, 0.2) is 11.5 Å². The molecular formula is C15H19ClN2O2. The summed E-state index contributed by atoms with van der Waals surface area (Å²) in [4.78, 5) is 7.15. The second-order valence-corrected chi connectivity index (χ2v) is 5.59. The van der Waals surface area contributed by atoms with E-state index in [1.165, 1.54) is 25.1 Å². The monoisotopic (exact) mass is 294 g/mol. The Balaban J connectivity index is 2.10. The van der Waals surface area contributed by atoms with Crippen LogP contribution in [0.5, 0.6) is 11.5 Å². The van der Waals surface area contributed by atoms with Crippen LogP contribution >= 0.6 is 11.6 Å². The molecule has 3 rings (SSSR count). The van der Waals surface area contributed by atoms with Gasteiger partial charge in [-0.25, -0.2) is 4.99 Å². The molecule has 1 saturated heterocycles. The van der Waals surface area contributed by atoms with Gasteiger partial charge in [-0.1, -0.05) is 18.0 Å². The fourth-order valence-corrected chi connectivity index (χ4v) is 3.24. The second-order valence-electron chi connectivity index (χ2n) is 5.18. The molecule has 0 unspecified atom stereocenters. The lowest BCUT2D eigenvalue weighted by molar-refractivity contribution is 0.339. The van der Waals surface area contributed by atoms with E-state index in [0.29, 0.717) is 16.5 Å². The summed E-state index contributed by atoms with van der Waals surface area (Å²) in [5, 5.41) is 0.550. The zero-order valence-electron chi connectivity index (χ0n) is 11.9. The van der Waals surface area contributed by atoms with Crippen LogP contribution in [-0.4, -0.2) is 31.5 Å². The SMILES string of the molecule is COc1c(Cl)cc2c(c1OC)CN1CCCCCC1=N2. The Hall–Kier alpha value is -1.42. The van der Waals surface area contributed by atoms with Crippen molar-refractivity contribution in [2.75, 3.05) is 20.8 Å². The summed E-state index contributed by atoms with van der Waals surface area (Å²) in [6, 6.07) is 1.88. The number of benzene rings is 1. The molecule has 0 atom stereocenters. The van der Waals surface area contributed by atoms with E-state index in [0.717, 1.165) is 30.8 Å². The summed E-state index contributed by atoms with van der Waals surface area (Å²) < 4.78 is 10.9. The molecule has 2 aliphatic heterocycles. The average Bonchev–Trinajstić information content (AvgIpc) is 2.68.